The van der Waals surface area contributed by atoms with Crippen LogP contribution in [0.1, 0.15) is 45.4 Å². The summed E-state index contributed by atoms with van der Waals surface area (Å²) in [7, 11) is 0. The van der Waals surface area contributed by atoms with Crippen molar-refractivity contribution in [2.75, 3.05) is 13.1 Å². The zero-order chi connectivity index (χ0) is 14.1. The predicted molar refractivity (Wildman–Crippen MR) is 73.8 cm³/mol. The molecule has 4 fully saturated rings. The topological polar surface area (TPSA) is 60.8 Å². The number of aliphatic hydroxyl groups excluding tert-OH is 1. The number of Topliss-reactive ketones (excluding diaryl/α,β-unsaturated/α-hetero) is 1. The van der Waals surface area contributed by atoms with Gasteiger partial charge in [0.05, 0.1) is 6.10 Å². The molecule has 112 valence electrons. The number of rotatable bonds is 0. The molecule has 2 aliphatic heterocycles. The fourth-order valence-corrected chi connectivity index (χ4v) is 6.22. The van der Waals surface area contributed by atoms with Gasteiger partial charge in [0, 0.05) is 30.8 Å². The van der Waals surface area contributed by atoms with Crippen LogP contribution in [-0.2, 0) is 4.79 Å². The smallest absolute Gasteiger partial charge is 0.137 e. The van der Waals surface area contributed by atoms with E-state index in [0.29, 0.717) is 37.0 Å². The summed E-state index contributed by atoms with van der Waals surface area (Å²) in [5.41, 5.74) is -1.13. The average Bonchev–Trinajstić information content (AvgIpc) is 2.60. The summed E-state index contributed by atoms with van der Waals surface area (Å²) in [5.74, 6) is 0.956. The minimum Gasteiger partial charge on any atom is -0.392 e. The first-order valence-corrected chi connectivity index (χ1v) is 8.15. The summed E-state index contributed by atoms with van der Waals surface area (Å²) in [6, 6.07) is 0. The van der Waals surface area contributed by atoms with Crippen LogP contribution < -0.4 is 0 Å². The van der Waals surface area contributed by atoms with Crippen LogP contribution in [-0.4, -0.2) is 45.8 Å². The van der Waals surface area contributed by atoms with Gasteiger partial charge in [-0.1, -0.05) is 6.92 Å². The Bertz CT molecular complexity index is 453. The molecule has 4 aliphatic rings. The SMILES string of the molecule is C[C@@H]1C[C@H]2CC(=O)[C@H]3C[C@H](O)CN4CCC[C@]23[C@@]4(O)C1. The van der Waals surface area contributed by atoms with Crippen LogP contribution in [0.15, 0.2) is 0 Å². The van der Waals surface area contributed by atoms with Gasteiger partial charge in [0.15, 0.2) is 0 Å². The fourth-order valence-electron chi connectivity index (χ4n) is 6.22. The van der Waals surface area contributed by atoms with Gasteiger partial charge in [0.1, 0.15) is 11.5 Å². The van der Waals surface area contributed by atoms with Crippen molar-refractivity contribution in [3.8, 4) is 0 Å². The van der Waals surface area contributed by atoms with Crippen LogP contribution in [0.2, 0.25) is 0 Å². The van der Waals surface area contributed by atoms with Crippen LogP contribution in [0.5, 0.6) is 0 Å². The van der Waals surface area contributed by atoms with Crippen LogP contribution in [0.3, 0.4) is 0 Å². The van der Waals surface area contributed by atoms with E-state index in [1.165, 1.54) is 0 Å². The highest BCUT2D eigenvalue weighted by Crippen LogP contribution is 2.66. The molecule has 2 saturated carbocycles. The number of carbonyl (C=O) groups is 1. The van der Waals surface area contributed by atoms with Crippen molar-refractivity contribution in [2.45, 2.75) is 57.3 Å². The van der Waals surface area contributed by atoms with E-state index >= 15 is 0 Å². The van der Waals surface area contributed by atoms with Gasteiger partial charge in [0.25, 0.3) is 0 Å². The van der Waals surface area contributed by atoms with Gasteiger partial charge in [-0.15, -0.1) is 0 Å². The fraction of sp³-hybridized carbons (Fsp3) is 0.938. The number of piperidine rings is 1. The Morgan fingerprint density at radius 2 is 2.15 bits per heavy atom. The van der Waals surface area contributed by atoms with E-state index in [4.69, 9.17) is 0 Å². The highest BCUT2D eigenvalue weighted by Gasteiger charge is 2.70. The van der Waals surface area contributed by atoms with Crippen LogP contribution in [0.4, 0.5) is 0 Å². The first-order valence-electron chi connectivity index (χ1n) is 8.15. The molecule has 2 heterocycles. The summed E-state index contributed by atoms with van der Waals surface area (Å²) < 4.78 is 0. The molecule has 0 aromatic rings. The Hall–Kier alpha value is -0.450. The van der Waals surface area contributed by atoms with E-state index in [9.17, 15) is 15.0 Å². The summed E-state index contributed by atoms with van der Waals surface area (Å²) in [6.07, 6.45) is 4.54. The van der Waals surface area contributed by atoms with Crippen molar-refractivity contribution in [1.82, 2.24) is 4.90 Å². The number of nitrogens with zero attached hydrogens (tertiary/aromatic N) is 1. The normalized spacial score (nSPS) is 58.1. The molecule has 1 spiro atoms. The Labute approximate surface area is 120 Å². The quantitative estimate of drug-likeness (QED) is 0.698. The zero-order valence-corrected chi connectivity index (χ0v) is 12.2. The molecule has 0 aromatic carbocycles. The number of hydrogen-bond donors (Lipinski definition) is 2. The molecule has 4 heteroatoms. The van der Waals surface area contributed by atoms with Crippen molar-refractivity contribution in [3.05, 3.63) is 0 Å². The van der Waals surface area contributed by atoms with Crippen molar-refractivity contribution in [3.63, 3.8) is 0 Å². The highest BCUT2D eigenvalue weighted by molar-refractivity contribution is 5.85. The van der Waals surface area contributed by atoms with E-state index in [1.807, 2.05) is 0 Å². The van der Waals surface area contributed by atoms with Gasteiger partial charge in [-0.3, -0.25) is 9.69 Å². The molecule has 7 atom stereocenters. The van der Waals surface area contributed by atoms with E-state index in [-0.39, 0.29) is 11.3 Å². The summed E-state index contributed by atoms with van der Waals surface area (Å²) >= 11 is 0. The second-order valence-corrected chi connectivity index (χ2v) is 7.76. The third-order valence-electron chi connectivity index (χ3n) is 6.73. The van der Waals surface area contributed by atoms with Gasteiger partial charge >= 0.3 is 0 Å². The molecule has 20 heavy (non-hydrogen) atoms. The highest BCUT2D eigenvalue weighted by atomic mass is 16.3. The second kappa shape index (κ2) is 4.05. The average molecular weight is 279 g/mol. The minimum atomic E-state index is -0.859. The molecular formula is C16H25NO3. The van der Waals surface area contributed by atoms with Crippen molar-refractivity contribution in [2.24, 2.45) is 23.2 Å². The van der Waals surface area contributed by atoms with Gasteiger partial charge in [-0.05, 0) is 43.9 Å². The lowest BCUT2D eigenvalue weighted by molar-refractivity contribution is -0.265. The summed E-state index contributed by atoms with van der Waals surface area (Å²) in [4.78, 5) is 14.7. The Morgan fingerprint density at radius 3 is 2.95 bits per heavy atom. The lowest BCUT2D eigenvalue weighted by Gasteiger charge is -2.61. The standard InChI is InChI=1S/C16H25NO3/c1-10-5-11-6-14(19)13-7-12(18)9-17-4-2-3-15(11,13)16(17,20)8-10/h10-13,18,20H,2-9H2,1H3/t10-,11+,12+,13-,15+,16+/m1/s1. The molecule has 4 rings (SSSR count). The molecule has 0 amide bonds. The zero-order valence-electron chi connectivity index (χ0n) is 12.2. The van der Waals surface area contributed by atoms with Gasteiger partial charge in [0.2, 0.25) is 0 Å². The maximum Gasteiger partial charge on any atom is 0.137 e. The summed E-state index contributed by atoms with van der Waals surface area (Å²) in [5, 5.41) is 21.9. The lowest BCUT2D eigenvalue weighted by atomic mass is 9.53. The molecule has 2 saturated heterocycles. The molecule has 0 aromatic heterocycles. The molecule has 2 aliphatic carbocycles. The molecule has 4 nitrogen and oxygen atoms in total. The first-order chi connectivity index (χ1) is 9.47. The monoisotopic (exact) mass is 279 g/mol. The van der Waals surface area contributed by atoms with Crippen molar-refractivity contribution < 1.29 is 15.0 Å². The molecule has 1 unspecified atom stereocenters. The lowest BCUT2D eigenvalue weighted by Crippen LogP contribution is -2.68. The number of ketones is 1. The number of carbonyl (C=O) groups excluding carboxylic acids is 1. The molecule has 2 N–H and O–H groups in total. The van der Waals surface area contributed by atoms with E-state index in [0.717, 1.165) is 32.2 Å². The predicted octanol–water partition coefficient (Wildman–Crippen LogP) is 1.16. The van der Waals surface area contributed by atoms with E-state index in [2.05, 4.69) is 11.8 Å². The van der Waals surface area contributed by atoms with Gasteiger partial charge in [-0.2, -0.15) is 0 Å². The van der Waals surface area contributed by atoms with Crippen molar-refractivity contribution in [1.29, 1.82) is 0 Å². The Kier molecular flexibility index (Phi) is 2.68. The Balaban J connectivity index is 1.90. The first kappa shape index (κ1) is 13.2. The van der Waals surface area contributed by atoms with E-state index in [1.54, 1.807) is 0 Å². The molecule has 0 radical (unpaired) electrons. The van der Waals surface area contributed by atoms with Crippen LogP contribution >= 0.6 is 0 Å². The Morgan fingerprint density at radius 1 is 1.35 bits per heavy atom. The third-order valence-corrected chi connectivity index (χ3v) is 6.73. The maximum atomic E-state index is 12.6. The largest absolute Gasteiger partial charge is 0.392 e. The van der Waals surface area contributed by atoms with Crippen LogP contribution in [0, 0.1) is 23.2 Å². The summed E-state index contributed by atoms with van der Waals surface area (Å²) in [6.45, 7) is 3.58. The second-order valence-electron chi connectivity index (χ2n) is 7.76. The van der Waals surface area contributed by atoms with Gasteiger partial charge in [-0.25, -0.2) is 0 Å². The number of aliphatic hydroxyl groups is 2. The van der Waals surface area contributed by atoms with E-state index < -0.39 is 11.8 Å². The minimum absolute atomic E-state index is 0.120. The third kappa shape index (κ3) is 1.40. The molecule has 2 bridgehead atoms. The number of hydrogen-bond acceptors (Lipinski definition) is 4. The van der Waals surface area contributed by atoms with Gasteiger partial charge < -0.3 is 10.2 Å². The van der Waals surface area contributed by atoms with Crippen molar-refractivity contribution >= 4 is 5.78 Å². The maximum absolute atomic E-state index is 12.6. The molecular weight excluding hydrogens is 254 g/mol. The van der Waals surface area contributed by atoms with Crippen LogP contribution in [0.25, 0.3) is 0 Å².